The highest BCUT2D eigenvalue weighted by molar-refractivity contribution is 7.89. The van der Waals surface area contributed by atoms with Gasteiger partial charge in [-0.15, -0.1) is 0 Å². The van der Waals surface area contributed by atoms with E-state index in [2.05, 4.69) is 10.0 Å². The van der Waals surface area contributed by atoms with E-state index in [1.165, 1.54) is 0 Å². The standard InChI is InChI=1S/C19H27N3O4S/c1-14-2-6-17(7-3-14)27(25,26)21-11-10-20-18(23)15-8-12-22(13-9-15)19(24)16-4-5-16/h2-3,6-7,15-16,21H,4-5,8-13H2,1H3,(H,20,23). The molecule has 1 aromatic rings. The quantitative estimate of drug-likeness (QED) is 0.677. The molecule has 1 heterocycles. The van der Waals surface area contributed by atoms with E-state index in [0.29, 0.717) is 25.9 Å². The Kier molecular flexibility index (Phi) is 6.16. The van der Waals surface area contributed by atoms with Gasteiger partial charge < -0.3 is 10.2 Å². The number of nitrogens with one attached hydrogen (secondary N) is 2. The first-order valence-electron chi connectivity index (χ1n) is 9.49. The fourth-order valence-electron chi connectivity index (χ4n) is 3.27. The van der Waals surface area contributed by atoms with Crippen molar-refractivity contribution in [1.82, 2.24) is 14.9 Å². The number of nitrogens with zero attached hydrogens (tertiary/aromatic N) is 1. The zero-order valence-corrected chi connectivity index (χ0v) is 16.4. The van der Waals surface area contributed by atoms with Gasteiger partial charge in [0.15, 0.2) is 0 Å². The van der Waals surface area contributed by atoms with Gasteiger partial charge in [-0.05, 0) is 44.7 Å². The number of benzene rings is 1. The summed E-state index contributed by atoms with van der Waals surface area (Å²) in [5.41, 5.74) is 0.992. The van der Waals surface area contributed by atoms with Crippen LogP contribution in [-0.2, 0) is 19.6 Å². The van der Waals surface area contributed by atoms with Gasteiger partial charge in [0.1, 0.15) is 0 Å². The minimum Gasteiger partial charge on any atom is -0.355 e. The molecule has 1 aliphatic heterocycles. The van der Waals surface area contributed by atoms with Crippen LogP contribution in [0.25, 0.3) is 0 Å². The third-order valence-electron chi connectivity index (χ3n) is 5.15. The Labute approximate surface area is 160 Å². The van der Waals surface area contributed by atoms with Crippen molar-refractivity contribution < 1.29 is 18.0 Å². The molecule has 0 bridgehead atoms. The van der Waals surface area contributed by atoms with Crippen molar-refractivity contribution >= 4 is 21.8 Å². The average Bonchev–Trinajstić information content (AvgIpc) is 3.50. The Bertz CT molecular complexity index is 780. The van der Waals surface area contributed by atoms with Crippen molar-refractivity contribution in [2.24, 2.45) is 11.8 Å². The van der Waals surface area contributed by atoms with Crippen LogP contribution in [0.15, 0.2) is 29.2 Å². The van der Waals surface area contributed by atoms with E-state index in [1.807, 2.05) is 11.8 Å². The van der Waals surface area contributed by atoms with Gasteiger partial charge in [-0.3, -0.25) is 9.59 Å². The van der Waals surface area contributed by atoms with Gasteiger partial charge in [-0.1, -0.05) is 17.7 Å². The number of carbonyl (C=O) groups excluding carboxylic acids is 2. The summed E-state index contributed by atoms with van der Waals surface area (Å²) in [5, 5.41) is 2.80. The van der Waals surface area contributed by atoms with Gasteiger partial charge in [0.2, 0.25) is 21.8 Å². The molecule has 0 spiro atoms. The zero-order chi connectivity index (χ0) is 19.4. The van der Waals surface area contributed by atoms with Crippen LogP contribution in [0, 0.1) is 18.8 Å². The molecule has 1 aliphatic carbocycles. The summed E-state index contributed by atoms with van der Waals surface area (Å²) in [6, 6.07) is 6.62. The third kappa shape index (κ3) is 5.29. The van der Waals surface area contributed by atoms with Crippen LogP contribution in [0.2, 0.25) is 0 Å². The molecule has 0 atom stereocenters. The van der Waals surface area contributed by atoms with Crippen LogP contribution in [-0.4, -0.2) is 51.3 Å². The average molecular weight is 394 g/mol. The van der Waals surface area contributed by atoms with Crippen molar-refractivity contribution in [2.45, 2.75) is 37.5 Å². The lowest BCUT2D eigenvalue weighted by molar-refractivity contribution is -0.136. The fourth-order valence-corrected chi connectivity index (χ4v) is 4.30. The molecule has 2 N–H and O–H groups in total. The van der Waals surface area contributed by atoms with Crippen LogP contribution in [0.3, 0.4) is 0 Å². The van der Waals surface area contributed by atoms with Crippen LogP contribution < -0.4 is 10.0 Å². The first-order valence-corrected chi connectivity index (χ1v) is 11.0. The highest BCUT2D eigenvalue weighted by atomic mass is 32.2. The van der Waals surface area contributed by atoms with Gasteiger partial charge in [-0.25, -0.2) is 13.1 Å². The maximum atomic E-state index is 12.3. The van der Waals surface area contributed by atoms with Crippen molar-refractivity contribution in [3.05, 3.63) is 29.8 Å². The predicted molar refractivity (Wildman–Crippen MR) is 101 cm³/mol. The van der Waals surface area contributed by atoms with E-state index in [4.69, 9.17) is 0 Å². The third-order valence-corrected chi connectivity index (χ3v) is 6.63. The second-order valence-electron chi connectivity index (χ2n) is 7.38. The number of rotatable bonds is 7. The summed E-state index contributed by atoms with van der Waals surface area (Å²) in [4.78, 5) is 26.4. The SMILES string of the molecule is Cc1ccc(S(=O)(=O)NCCNC(=O)C2CCN(C(=O)C3CC3)CC2)cc1. The van der Waals surface area contributed by atoms with E-state index in [-0.39, 0.29) is 41.6 Å². The molecular formula is C19H27N3O4S. The summed E-state index contributed by atoms with van der Waals surface area (Å²) < 4.78 is 26.9. The molecule has 0 aromatic heterocycles. The number of aryl methyl sites for hydroxylation is 1. The molecule has 3 rings (SSSR count). The maximum absolute atomic E-state index is 12.3. The lowest BCUT2D eigenvalue weighted by Crippen LogP contribution is -2.44. The summed E-state index contributed by atoms with van der Waals surface area (Å²) in [6.07, 6.45) is 3.33. The van der Waals surface area contributed by atoms with Crippen molar-refractivity contribution in [3.63, 3.8) is 0 Å². The second-order valence-corrected chi connectivity index (χ2v) is 9.14. The van der Waals surface area contributed by atoms with Gasteiger partial charge in [0.05, 0.1) is 4.90 Å². The summed E-state index contributed by atoms with van der Waals surface area (Å²) in [5.74, 6) is 0.279. The summed E-state index contributed by atoms with van der Waals surface area (Å²) >= 11 is 0. The molecule has 2 fully saturated rings. The van der Waals surface area contributed by atoms with Gasteiger partial charge in [0.25, 0.3) is 0 Å². The Morgan fingerprint density at radius 2 is 1.63 bits per heavy atom. The van der Waals surface area contributed by atoms with Crippen LogP contribution in [0.5, 0.6) is 0 Å². The predicted octanol–water partition coefficient (Wildman–Crippen LogP) is 1.04. The summed E-state index contributed by atoms with van der Waals surface area (Å²) in [7, 11) is -3.56. The van der Waals surface area contributed by atoms with Crippen LogP contribution >= 0.6 is 0 Å². The largest absolute Gasteiger partial charge is 0.355 e. The number of likely N-dealkylation sites (tertiary alicyclic amines) is 1. The molecular weight excluding hydrogens is 366 g/mol. The molecule has 1 aromatic carbocycles. The van der Waals surface area contributed by atoms with Crippen LogP contribution in [0.4, 0.5) is 0 Å². The molecule has 0 radical (unpaired) electrons. The lowest BCUT2D eigenvalue weighted by atomic mass is 9.95. The molecule has 1 saturated carbocycles. The van der Waals surface area contributed by atoms with Crippen molar-refractivity contribution in [2.75, 3.05) is 26.2 Å². The van der Waals surface area contributed by atoms with E-state index in [9.17, 15) is 18.0 Å². The Balaban J connectivity index is 1.37. The Morgan fingerprint density at radius 3 is 2.22 bits per heavy atom. The van der Waals surface area contributed by atoms with Crippen molar-refractivity contribution in [1.29, 1.82) is 0 Å². The molecule has 27 heavy (non-hydrogen) atoms. The highest BCUT2D eigenvalue weighted by Crippen LogP contribution is 2.32. The minimum absolute atomic E-state index is 0.0666. The fraction of sp³-hybridized carbons (Fsp3) is 0.579. The summed E-state index contributed by atoms with van der Waals surface area (Å²) in [6.45, 7) is 3.54. The Hall–Kier alpha value is -1.93. The molecule has 7 nitrogen and oxygen atoms in total. The topological polar surface area (TPSA) is 95.6 Å². The van der Waals surface area contributed by atoms with E-state index in [1.54, 1.807) is 24.3 Å². The van der Waals surface area contributed by atoms with Gasteiger partial charge in [0, 0.05) is 38.0 Å². The van der Waals surface area contributed by atoms with E-state index in [0.717, 1.165) is 18.4 Å². The molecule has 2 amide bonds. The first kappa shape index (κ1) is 19.8. The maximum Gasteiger partial charge on any atom is 0.240 e. The van der Waals surface area contributed by atoms with Crippen molar-refractivity contribution in [3.8, 4) is 0 Å². The smallest absolute Gasteiger partial charge is 0.240 e. The second kappa shape index (κ2) is 8.39. The highest BCUT2D eigenvalue weighted by Gasteiger charge is 2.35. The minimum atomic E-state index is -3.56. The monoisotopic (exact) mass is 393 g/mol. The molecule has 8 heteroatoms. The number of hydrogen-bond acceptors (Lipinski definition) is 4. The molecule has 0 unspecified atom stereocenters. The van der Waals surface area contributed by atoms with E-state index >= 15 is 0 Å². The number of carbonyl (C=O) groups is 2. The number of piperidine rings is 1. The molecule has 148 valence electrons. The van der Waals surface area contributed by atoms with Crippen LogP contribution in [0.1, 0.15) is 31.2 Å². The van der Waals surface area contributed by atoms with Gasteiger partial charge >= 0.3 is 0 Å². The number of hydrogen-bond donors (Lipinski definition) is 2. The number of amides is 2. The zero-order valence-electron chi connectivity index (χ0n) is 15.6. The van der Waals surface area contributed by atoms with Gasteiger partial charge in [-0.2, -0.15) is 0 Å². The Morgan fingerprint density at radius 1 is 1.00 bits per heavy atom. The first-order chi connectivity index (χ1) is 12.9. The molecule has 2 aliphatic rings. The number of sulfonamides is 1. The normalized spacial score (nSPS) is 18.3. The lowest BCUT2D eigenvalue weighted by Gasteiger charge is -2.31. The van der Waals surface area contributed by atoms with E-state index < -0.39 is 10.0 Å². The molecule has 1 saturated heterocycles.